The summed E-state index contributed by atoms with van der Waals surface area (Å²) in [4.78, 5) is 14.7. The van der Waals surface area contributed by atoms with Gasteiger partial charge in [-0.15, -0.1) is 24.8 Å². The van der Waals surface area contributed by atoms with E-state index in [4.69, 9.17) is 5.73 Å². The average Bonchev–Trinajstić information content (AvgIpc) is 3.16. The van der Waals surface area contributed by atoms with Crippen LogP contribution in [0.4, 0.5) is 0 Å². The molecule has 0 radical (unpaired) electrons. The van der Waals surface area contributed by atoms with Crippen LogP contribution in [0.2, 0.25) is 0 Å². The number of nitrogens with two attached hydrogens (primary N) is 1. The lowest BCUT2D eigenvalue weighted by molar-refractivity contribution is -0.122. The minimum absolute atomic E-state index is 0. The molecule has 0 aromatic heterocycles. The van der Waals surface area contributed by atoms with Crippen LogP contribution in [0.25, 0.3) is 0 Å². The third-order valence-electron chi connectivity index (χ3n) is 5.43. The number of hydrogen-bond donors (Lipinski definition) is 2. The molecule has 1 saturated carbocycles. The molecule has 1 aromatic rings. The van der Waals surface area contributed by atoms with E-state index in [1.54, 1.807) is 0 Å². The van der Waals surface area contributed by atoms with Crippen LogP contribution in [-0.2, 0) is 11.3 Å². The van der Waals surface area contributed by atoms with Crippen LogP contribution in [0.15, 0.2) is 30.3 Å². The van der Waals surface area contributed by atoms with E-state index in [1.807, 2.05) is 0 Å². The molecule has 25 heavy (non-hydrogen) atoms. The highest BCUT2D eigenvalue weighted by atomic mass is 35.5. The molecule has 6 heteroatoms. The fourth-order valence-corrected chi connectivity index (χ4v) is 4.01. The van der Waals surface area contributed by atoms with Crippen molar-refractivity contribution in [2.45, 2.75) is 57.2 Å². The molecule has 2 aliphatic rings. The Kier molecular flexibility index (Phi) is 9.80. The summed E-state index contributed by atoms with van der Waals surface area (Å²) in [7, 11) is 0. The first-order chi connectivity index (χ1) is 11.2. The van der Waals surface area contributed by atoms with Gasteiger partial charge in [-0.2, -0.15) is 0 Å². The Morgan fingerprint density at radius 2 is 1.88 bits per heavy atom. The highest BCUT2D eigenvalue weighted by molar-refractivity contribution is 5.85. The van der Waals surface area contributed by atoms with Crippen LogP contribution in [0.5, 0.6) is 0 Å². The monoisotopic (exact) mass is 387 g/mol. The number of hydrogen-bond acceptors (Lipinski definition) is 3. The van der Waals surface area contributed by atoms with Gasteiger partial charge in [-0.3, -0.25) is 9.69 Å². The number of benzene rings is 1. The Labute approximate surface area is 163 Å². The molecule has 142 valence electrons. The van der Waals surface area contributed by atoms with Gasteiger partial charge in [0.2, 0.25) is 5.91 Å². The molecule has 1 aliphatic heterocycles. The van der Waals surface area contributed by atoms with Crippen molar-refractivity contribution in [3.05, 3.63) is 35.9 Å². The van der Waals surface area contributed by atoms with Crippen LogP contribution in [-0.4, -0.2) is 36.0 Å². The lowest BCUT2D eigenvalue weighted by atomic mass is 10.00. The van der Waals surface area contributed by atoms with Crippen LogP contribution >= 0.6 is 24.8 Å². The number of nitrogens with one attached hydrogen (secondary N) is 1. The summed E-state index contributed by atoms with van der Waals surface area (Å²) in [5.74, 6) is 0.568. The zero-order valence-corrected chi connectivity index (χ0v) is 16.4. The molecule has 3 rings (SSSR count). The van der Waals surface area contributed by atoms with Crippen LogP contribution in [0, 0.1) is 5.92 Å². The van der Waals surface area contributed by atoms with E-state index in [0.717, 1.165) is 32.5 Å². The lowest BCUT2D eigenvalue weighted by Crippen LogP contribution is -2.41. The molecule has 3 atom stereocenters. The summed E-state index contributed by atoms with van der Waals surface area (Å²) in [6.45, 7) is 2.88. The molecular weight excluding hydrogens is 357 g/mol. The van der Waals surface area contributed by atoms with Crippen molar-refractivity contribution in [2.75, 3.05) is 13.1 Å². The second-order valence-corrected chi connectivity index (χ2v) is 7.12. The summed E-state index contributed by atoms with van der Waals surface area (Å²) in [5.41, 5.74) is 7.42. The molecule has 1 aromatic carbocycles. The normalized spacial score (nSPS) is 25.9. The molecule has 1 saturated heterocycles. The zero-order valence-electron chi connectivity index (χ0n) is 14.7. The van der Waals surface area contributed by atoms with E-state index in [-0.39, 0.29) is 36.8 Å². The molecule has 1 heterocycles. The van der Waals surface area contributed by atoms with Crippen molar-refractivity contribution in [3.8, 4) is 0 Å². The van der Waals surface area contributed by atoms with Crippen LogP contribution in [0.3, 0.4) is 0 Å². The van der Waals surface area contributed by atoms with E-state index >= 15 is 0 Å². The molecule has 4 nitrogen and oxygen atoms in total. The number of amides is 1. The largest absolute Gasteiger partial charge is 0.355 e. The fraction of sp³-hybridized carbons (Fsp3) is 0.632. The van der Waals surface area contributed by atoms with E-state index in [0.29, 0.717) is 18.4 Å². The van der Waals surface area contributed by atoms with E-state index in [2.05, 4.69) is 40.5 Å². The second-order valence-electron chi connectivity index (χ2n) is 7.12. The first kappa shape index (κ1) is 22.2. The number of carbonyl (C=O) groups excluding carboxylic acids is 1. The van der Waals surface area contributed by atoms with Gasteiger partial charge in [0.1, 0.15) is 0 Å². The maximum atomic E-state index is 12.2. The van der Waals surface area contributed by atoms with Gasteiger partial charge in [0.05, 0.1) is 0 Å². The summed E-state index contributed by atoms with van der Waals surface area (Å²) < 4.78 is 0. The third kappa shape index (κ3) is 6.45. The SMILES string of the molecule is Cl.Cl.N[C@@H]1CCC[C@H]1CC(=O)NCC1CCCN1Cc1ccccc1. The maximum absolute atomic E-state index is 12.2. The Morgan fingerprint density at radius 1 is 1.12 bits per heavy atom. The molecule has 1 aliphatic carbocycles. The molecule has 2 fully saturated rings. The van der Waals surface area contributed by atoms with Crippen molar-refractivity contribution in [1.82, 2.24) is 10.2 Å². The number of likely N-dealkylation sites (tertiary alicyclic amines) is 1. The Hall–Kier alpha value is -0.810. The van der Waals surface area contributed by atoms with Gasteiger partial charge in [-0.25, -0.2) is 0 Å². The zero-order chi connectivity index (χ0) is 16.1. The summed E-state index contributed by atoms with van der Waals surface area (Å²) in [6.07, 6.45) is 6.36. The number of nitrogens with zero attached hydrogens (tertiary/aromatic N) is 1. The second kappa shape index (κ2) is 11.0. The molecule has 1 amide bonds. The fourth-order valence-electron chi connectivity index (χ4n) is 4.01. The van der Waals surface area contributed by atoms with Crippen molar-refractivity contribution in [2.24, 2.45) is 11.7 Å². The highest BCUT2D eigenvalue weighted by Gasteiger charge is 2.28. The first-order valence-corrected chi connectivity index (χ1v) is 9.02. The van der Waals surface area contributed by atoms with E-state index in [1.165, 1.54) is 24.8 Å². The van der Waals surface area contributed by atoms with Gasteiger partial charge >= 0.3 is 0 Å². The smallest absolute Gasteiger partial charge is 0.220 e. The minimum Gasteiger partial charge on any atom is -0.355 e. The van der Waals surface area contributed by atoms with Gasteiger partial charge in [0.15, 0.2) is 0 Å². The van der Waals surface area contributed by atoms with Crippen LogP contribution in [0.1, 0.15) is 44.1 Å². The van der Waals surface area contributed by atoms with E-state index < -0.39 is 0 Å². The predicted molar refractivity (Wildman–Crippen MR) is 107 cm³/mol. The van der Waals surface area contributed by atoms with Crippen molar-refractivity contribution in [1.29, 1.82) is 0 Å². The Balaban J connectivity index is 0.00000156. The van der Waals surface area contributed by atoms with Crippen molar-refractivity contribution in [3.63, 3.8) is 0 Å². The summed E-state index contributed by atoms with van der Waals surface area (Å²) >= 11 is 0. The first-order valence-electron chi connectivity index (χ1n) is 9.02. The predicted octanol–water partition coefficient (Wildman–Crippen LogP) is 3.13. The van der Waals surface area contributed by atoms with Gasteiger partial charge in [0.25, 0.3) is 0 Å². The molecular formula is C19H31Cl2N3O. The molecule has 0 bridgehead atoms. The van der Waals surface area contributed by atoms with Gasteiger partial charge in [-0.1, -0.05) is 36.8 Å². The molecule has 0 spiro atoms. The Morgan fingerprint density at radius 3 is 2.56 bits per heavy atom. The average molecular weight is 388 g/mol. The molecule has 1 unspecified atom stereocenters. The maximum Gasteiger partial charge on any atom is 0.220 e. The lowest BCUT2D eigenvalue weighted by Gasteiger charge is -2.25. The number of carbonyl (C=O) groups is 1. The highest BCUT2D eigenvalue weighted by Crippen LogP contribution is 2.26. The van der Waals surface area contributed by atoms with Crippen molar-refractivity contribution < 1.29 is 4.79 Å². The number of halogens is 2. The van der Waals surface area contributed by atoms with Gasteiger partial charge < -0.3 is 11.1 Å². The third-order valence-corrected chi connectivity index (χ3v) is 5.43. The topological polar surface area (TPSA) is 58.4 Å². The van der Waals surface area contributed by atoms with Gasteiger partial charge in [0, 0.05) is 31.6 Å². The quantitative estimate of drug-likeness (QED) is 0.787. The standard InChI is InChI=1S/C19H29N3O.2ClH/c20-18-10-4-8-16(18)12-19(23)21-13-17-9-5-11-22(17)14-15-6-2-1-3-7-15;;/h1-3,6-7,16-18H,4-5,8-14,20H2,(H,21,23);2*1H/t16-,17?,18+;;/m0../s1. The summed E-state index contributed by atoms with van der Waals surface area (Å²) in [6, 6.07) is 11.3. The Bertz CT molecular complexity index is 515. The summed E-state index contributed by atoms with van der Waals surface area (Å²) in [5, 5.41) is 3.15. The van der Waals surface area contributed by atoms with Gasteiger partial charge in [-0.05, 0) is 43.7 Å². The van der Waals surface area contributed by atoms with Crippen molar-refractivity contribution >= 4 is 30.7 Å². The molecule has 3 N–H and O–H groups in total. The van der Waals surface area contributed by atoms with Crippen LogP contribution < -0.4 is 11.1 Å². The minimum atomic E-state index is 0. The van der Waals surface area contributed by atoms with E-state index in [9.17, 15) is 4.79 Å². The number of rotatable bonds is 6.